The van der Waals surface area contributed by atoms with Crippen LogP contribution in [0.3, 0.4) is 0 Å². The zero-order chi connectivity index (χ0) is 17.4. The number of hydrogen-bond acceptors (Lipinski definition) is 4. The van der Waals surface area contributed by atoms with Gasteiger partial charge in [0.2, 0.25) is 11.8 Å². The summed E-state index contributed by atoms with van der Waals surface area (Å²) in [4.78, 5) is 23.4. The molecule has 0 radical (unpaired) electrons. The highest BCUT2D eigenvalue weighted by Crippen LogP contribution is 2.15. The van der Waals surface area contributed by atoms with Gasteiger partial charge in [-0.05, 0) is 48.5 Å². The van der Waals surface area contributed by atoms with Gasteiger partial charge in [0.25, 0.3) is 0 Å². The minimum Gasteiger partial charge on any atom is -0.497 e. The molecule has 0 aliphatic rings. The normalized spacial score (nSPS) is 10.1. The van der Waals surface area contributed by atoms with Crippen LogP contribution < -0.4 is 15.4 Å². The molecule has 0 aliphatic carbocycles. The standard InChI is InChI=1S/C17H17ClN2O4/c1-23-15-8-6-14(7-9-15)20-17(22)11-24-10-16(21)19-13-4-2-12(18)3-5-13/h2-9H,10-11H2,1H3,(H,19,21)(H,20,22). The lowest BCUT2D eigenvalue weighted by molar-refractivity contribution is -0.125. The second-order valence-electron chi connectivity index (χ2n) is 4.82. The van der Waals surface area contributed by atoms with E-state index in [1.54, 1.807) is 55.6 Å². The molecule has 0 fully saturated rings. The van der Waals surface area contributed by atoms with Crippen LogP contribution in [0, 0.1) is 0 Å². The summed E-state index contributed by atoms with van der Waals surface area (Å²) >= 11 is 5.76. The molecular formula is C17H17ClN2O4. The summed E-state index contributed by atoms with van der Waals surface area (Å²) < 4.78 is 10.1. The molecule has 0 saturated carbocycles. The predicted molar refractivity (Wildman–Crippen MR) is 92.5 cm³/mol. The monoisotopic (exact) mass is 348 g/mol. The third-order valence-electron chi connectivity index (χ3n) is 2.97. The topological polar surface area (TPSA) is 76.7 Å². The molecule has 2 rings (SSSR count). The summed E-state index contributed by atoms with van der Waals surface area (Å²) in [6.07, 6.45) is 0. The van der Waals surface area contributed by atoms with E-state index in [1.807, 2.05) is 0 Å². The van der Waals surface area contributed by atoms with E-state index in [0.29, 0.717) is 22.1 Å². The number of ether oxygens (including phenoxy) is 2. The Bertz CT molecular complexity index is 687. The Kier molecular flexibility index (Phi) is 6.60. The van der Waals surface area contributed by atoms with Gasteiger partial charge in [-0.25, -0.2) is 0 Å². The number of carbonyl (C=O) groups excluding carboxylic acids is 2. The van der Waals surface area contributed by atoms with Gasteiger partial charge in [-0.2, -0.15) is 0 Å². The molecule has 0 atom stereocenters. The van der Waals surface area contributed by atoms with Crippen LogP contribution in [-0.2, 0) is 14.3 Å². The molecule has 0 spiro atoms. The predicted octanol–water partition coefficient (Wildman–Crippen LogP) is 2.94. The molecule has 2 aromatic rings. The second kappa shape index (κ2) is 8.90. The van der Waals surface area contributed by atoms with Crippen molar-refractivity contribution < 1.29 is 19.1 Å². The zero-order valence-electron chi connectivity index (χ0n) is 13.0. The molecule has 0 unspecified atom stereocenters. The summed E-state index contributed by atoms with van der Waals surface area (Å²) in [6.45, 7) is -0.446. The number of rotatable bonds is 7. The van der Waals surface area contributed by atoms with Crippen molar-refractivity contribution in [2.75, 3.05) is 31.0 Å². The first-order valence-corrected chi connectivity index (χ1v) is 7.51. The molecule has 0 saturated heterocycles. The summed E-state index contributed by atoms with van der Waals surface area (Å²) in [5, 5.41) is 5.88. The summed E-state index contributed by atoms with van der Waals surface area (Å²) in [5.74, 6) is -0.00264. The first-order valence-electron chi connectivity index (χ1n) is 7.14. The lowest BCUT2D eigenvalue weighted by atomic mass is 10.3. The molecule has 2 aromatic carbocycles. The van der Waals surface area contributed by atoms with E-state index in [-0.39, 0.29) is 25.0 Å². The smallest absolute Gasteiger partial charge is 0.250 e. The molecule has 6 nitrogen and oxygen atoms in total. The average molecular weight is 349 g/mol. The third-order valence-corrected chi connectivity index (χ3v) is 3.22. The van der Waals surface area contributed by atoms with Gasteiger partial charge < -0.3 is 20.1 Å². The molecule has 126 valence electrons. The Morgan fingerprint density at radius 3 is 1.79 bits per heavy atom. The van der Waals surface area contributed by atoms with E-state index in [0.717, 1.165) is 0 Å². The largest absolute Gasteiger partial charge is 0.497 e. The molecule has 2 amide bonds. The first kappa shape index (κ1) is 17.8. The van der Waals surface area contributed by atoms with Crippen LogP contribution in [0.25, 0.3) is 0 Å². The number of benzene rings is 2. The van der Waals surface area contributed by atoms with E-state index < -0.39 is 0 Å². The van der Waals surface area contributed by atoms with Gasteiger partial charge in [0, 0.05) is 16.4 Å². The average Bonchev–Trinajstić information content (AvgIpc) is 2.57. The van der Waals surface area contributed by atoms with Gasteiger partial charge in [0.15, 0.2) is 0 Å². The van der Waals surface area contributed by atoms with Crippen molar-refractivity contribution in [2.24, 2.45) is 0 Å². The fourth-order valence-corrected chi connectivity index (χ4v) is 1.96. The maximum absolute atomic E-state index is 11.7. The molecule has 0 aliphatic heterocycles. The van der Waals surface area contributed by atoms with Crippen molar-refractivity contribution in [3.8, 4) is 5.75 Å². The highest BCUT2D eigenvalue weighted by Gasteiger charge is 2.06. The Morgan fingerprint density at radius 2 is 1.33 bits per heavy atom. The Morgan fingerprint density at radius 1 is 0.875 bits per heavy atom. The van der Waals surface area contributed by atoms with Gasteiger partial charge >= 0.3 is 0 Å². The highest BCUT2D eigenvalue weighted by molar-refractivity contribution is 6.30. The summed E-state index contributed by atoms with van der Waals surface area (Å²) in [6, 6.07) is 13.6. The number of carbonyl (C=O) groups is 2. The van der Waals surface area contributed by atoms with Gasteiger partial charge in [-0.1, -0.05) is 11.6 Å². The van der Waals surface area contributed by atoms with Crippen molar-refractivity contribution in [2.45, 2.75) is 0 Å². The van der Waals surface area contributed by atoms with Gasteiger partial charge in [-0.3, -0.25) is 9.59 Å². The van der Waals surface area contributed by atoms with Crippen LogP contribution in [-0.4, -0.2) is 32.1 Å². The molecule has 0 heterocycles. The number of amides is 2. The third kappa shape index (κ3) is 5.91. The Labute approximate surface area is 144 Å². The molecule has 0 bridgehead atoms. The number of anilines is 2. The number of nitrogens with one attached hydrogen (secondary N) is 2. The van der Waals surface area contributed by atoms with Crippen molar-refractivity contribution >= 4 is 34.8 Å². The maximum atomic E-state index is 11.7. The molecule has 2 N–H and O–H groups in total. The SMILES string of the molecule is COc1ccc(NC(=O)COCC(=O)Nc2ccc(Cl)cc2)cc1. The summed E-state index contributed by atoms with van der Waals surface area (Å²) in [5.41, 5.74) is 1.23. The highest BCUT2D eigenvalue weighted by atomic mass is 35.5. The molecular weight excluding hydrogens is 332 g/mol. The quantitative estimate of drug-likeness (QED) is 0.806. The zero-order valence-corrected chi connectivity index (χ0v) is 13.8. The van der Waals surface area contributed by atoms with Crippen molar-refractivity contribution in [3.63, 3.8) is 0 Å². The lowest BCUT2D eigenvalue weighted by Gasteiger charge is -2.08. The van der Waals surface area contributed by atoms with Gasteiger partial charge in [0.1, 0.15) is 19.0 Å². The lowest BCUT2D eigenvalue weighted by Crippen LogP contribution is -2.23. The molecule has 7 heteroatoms. The van der Waals surface area contributed by atoms with Crippen molar-refractivity contribution in [1.29, 1.82) is 0 Å². The Balaban J connectivity index is 1.69. The van der Waals surface area contributed by atoms with Crippen LogP contribution in [0.1, 0.15) is 0 Å². The van der Waals surface area contributed by atoms with Crippen LogP contribution in [0.4, 0.5) is 11.4 Å². The van der Waals surface area contributed by atoms with Crippen LogP contribution in [0.5, 0.6) is 5.75 Å². The van der Waals surface area contributed by atoms with E-state index >= 15 is 0 Å². The fourth-order valence-electron chi connectivity index (χ4n) is 1.84. The summed E-state index contributed by atoms with van der Waals surface area (Å²) in [7, 11) is 1.57. The van der Waals surface area contributed by atoms with E-state index in [9.17, 15) is 9.59 Å². The number of methoxy groups -OCH3 is 1. The molecule has 24 heavy (non-hydrogen) atoms. The van der Waals surface area contributed by atoms with Crippen LogP contribution in [0.2, 0.25) is 5.02 Å². The van der Waals surface area contributed by atoms with Gasteiger partial charge in [-0.15, -0.1) is 0 Å². The minimum atomic E-state index is -0.352. The number of halogens is 1. The maximum Gasteiger partial charge on any atom is 0.250 e. The minimum absolute atomic E-state index is 0.222. The van der Waals surface area contributed by atoms with Gasteiger partial charge in [0.05, 0.1) is 7.11 Å². The fraction of sp³-hybridized carbons (Fsp3) is 0.176. The van der Waals surface area contributed by atoms with E-state index in [1.165, 1.54) is 0 Å². The van der Waals surface area contributed by atoms with Crippen molar-refractivity contribution in [3.05, 3.63) is 53.6 Å². The van der Waals surface area contributed by atoms with Crippen LogP contribution in [0.15, 0.2) is 48.5 Å². The number of hydrogen-bond donors (Lipinski definition) is 2. The Hall–Kier alpha value is -2.57. The molecule has 0 aromatic heterocycles. The van der Waals surface area contributed by atoms with Crippen LogP contribution >= 0.6 is 11.6 Å². The van der Waals surface area contributed by atoms with E-state index in [4.69, 9.17) is 21.1 Å². The second-order valence-corrected chi connectivity index (χ2v) is 5.26. The van der Waals surface area contributed by atoms with Crippen molar-refractivity contribution in [1.82, 2.24) is 0 Å². The van der Waals surface area contributed by atoms with E-state index in [2.05, 4.69) is 10.6 Å². The first-order chi connectivity index (χ1) is 11.6.